The van der Waals surface area contributed by atoms with Gasteiger partial charge >= 0.3 is 0 Å². The molecule has 2 rings (SSSR count). The molecule has 2 N–H and O–H groups in total. The van der Waals surface area contributed by atoms with Gasteiger partial charge in [0.15, 0.2) is 0 Å². The lowest BCUT2D eigenvalue weighted by atomic mass is 10.3. The average Bonchev–Trinajstić information content (AvgIpc) is 2.59. The number of hydrogen-bond donors (Lipinski definition) is 2. The molecular formula is C10H13N3O3. The second-order valence-corrected chi connectivity index (χ2v) is 3.89. The molecule has 2 atom stereocenters. The summed E-state index contributed by atoms with van der Waals surface area (Å²) in [7, 11) is 0. The van der Waals surface area contributed by atoms with Gasteiger partial charge in [0.2, 0.25) is 0 Å². The van der Waals surface area contributed by atoms with Gasteiger partial charge in [-0.25, -0.2) is 4.98 Å². The number of likely N-dealkylation sites (tertiary alicyclic amines) is 1. The Bertz CT molecular complexity index is 383. The van der Waals surface area contributed by atoms with Crippen LogP contribution in [-0.4, -0.2) is 56.3 Å². The van der Waals surface area contributed by atoms with Crippen molar-refractivity contribution < 1.29 is 15.0 Å². The summed E-state index contributed by atoms with van der Waals surface area (Å²) in [5.74, 6) is -0.317. The van der Waals surface area contributed by atoms with Crippen LogP contribution in [0.1, 0.15) is 16.2 Å². The molecule has 6 nitrogen and oxygen atoms in total. The van der Waals surface area contributed by atoms with Crippen LogP contribution in [0.3, 0.4) is 0 Å². The van der Waals surface area contributed by atoms with Gasteiger partial charge in [-0.05, 0) is 6.92 Å². The first-order valence-electron chi connectivity index (χ1n) is 5.02. The summed E-state index contributed by atoms with van der Waals surface area (Å²) >= 11 is 0. The van der Waals surface area contributed by atoms with Crippen LogP contribution in [0, 0.1) is 6.92 Å². The number of aromatic nitrogens is 2. The van der Waals surface area contributed by atoms with E-state index in [0.29, 0.717) is 0 Å². The third kappa shape index (κ3) is 2.02. The minimum Gasteiger partial charge on any atom is -0.388 e. The Morgan fingerprint density at radius 2 is 1.94 bits per heavy atom. The Labute approximate surface area is 92.6 Å². The largest absolute Gasteiger partial charge is 0.388 e. The zero-order valence-corrected chi connectivity index (χ0v) is 8.87. The number of β-amino-alcohol motifs (C(OH)–C–C–N with tert-alkyl or cyclic N) is 2. The summed E-state index contributed by atoms with van der Waals surface area (Å²) in [6.45, 7) is 2.05. The van der Waals surface area contributed by atoms with E-state index in [0.717, 1.165) is 5.69 Å². The zero-order valence-electron chi connectivity index (χ0n) is 8.87. The summed E-state index contributed by atoms with van der Waals surface area (Å²) in [4.78, 5) is 21.2. The molecule has 1 aliphatic rings. The van der Waals surface area contributed by atoms with Gasteiger partial charge in [-0.3, -0.25) is 9.78 Å². The quantitative estimate of drug-likeness (QED) is 0.635. The van der Waals surface area contributed by atoms with Crippen molar-refractivity contribution in [1.82, 2.24) is 14.9 Å². The highest BCUT2D eigenvalue weighted by atomic mass is 16.3. The van der Waals surface area contributed by atoms with E-state index in [1.807, 2.05) is 0 Å². The van der Waals surface area contributed by atoms with Crippen LogP contribution >= 0.6 is 0 Å². The standard InChI is InChI=1S/C10H13N3O3/c1-6-2-12-7(3-11-6)10(16)13-4-8(14)9(15)5-13/h2-3,8-9,14-15H,4-5H2,1H3. The Hall–Kier alpha value is -1.53. The van der Waals surface area contributed by atoms with Crippen LogP contribution in [0.4, 0.5) is 0 Å². The Morgan fingerprint density at radius 1 is 1.31 bits per heavy atom. The number of nitrogens with zero attached hydrogens (tertiary/aromatic N) is 3. The van der Waals surface area contributed by atoms with E-state index in [9.17, 15) is 15.0 Å². The molecule has 2 heterocycles. The van der Waals surface area contributed by atoms with Crippen LogP contribution in [0.2, 0.25) is 0 Å². The monoisotopic (exact) mass is 223 g/mol. The third-order valence-electron chi connectivity index (χ3n) is 2.55. The van der Waals surface area contributed by atoms with Crippen molar-refractivity contribution in [3.63, 3.8) is 0 Å². The van der Waals surface area contributed by atoms with Crippen molar-refractivity contribution in [2.45, 2.75) is 19.1 Å². The summed E-state index contributed by atoms with van der Waals surface area (Å²) < 4.78 is 0. The maximum atomic E-state index is 11.9. The van der Waals surface area contributed by atoms with Gasteiger partial charge in [0.25, 0.3) is 5.91 Å². The highest BCUT2D eigenvalue weighted by Crippen LogP contribution is 2.12. The highest BCUT2D eigenvalue weighted by Gasteiger charge is 2.33. The fourth-order valence-corrected chi connectivity index (χ4v) is 1.60. The number of aliphatic hydroxyl groups excluding tert-OH is 2. The van der Waals surface area contributed by atoms with Gasteiger partial charge in [0.1, 0.15) is 5.69 Å². The minimum atomic E-state index is -0.873. The number of aliphatic hydroxyl groups is 2. The number of aryl methyl sites for hydroxylation is 1. The number of amides is 1. The summed E-state index contributed by atoms with van der Waals surface area (Å²) in [6, 6.07) is 0. The fourth-order valence-electron chi connectivity index (χ4n) is 1.60. The maximum Gasteiger partial charge on any atom is 0.274 e. The highest BCUT2D eigenvalue weighted by molar-refractivity contribution is 5.92. The van der Waals surface area contributed by atoms with Crippen LogP contribution < -0.4 is 0 Å². The molecule has 0 aromatic carbocycles. The second-order valence-electron chi connectivity index (χ2n) is 3.89. The second kappa shape index (κ2) is 4.15. The van der Waals surface area contributed by atoms with E-state index in [-0.39, 0.29) is 24.7 Å². The molecule has 1 amide bonds. The number of carbonyl (C=O) groups excluding carboxylic acids is 1. The predicted octanol–water partition coefficient (Wildman–Crippen LogP) is -1.04. The molecular weight excluding hydrogens is 210 g/mol. The molecule has 0 saturated carbocycles. The Balaban J connectivity index is 2.11. The molecule has 86 valence electrons. The van der Waals surface area contributed by atoms with Crippen molar-refractivity contribution >= 4 is 5.91 Å². The van der Waals surface area contributed by atoms with Crippen molar-refractivity contribution in [1.29, 1.82) is 0 Å². The molecule has 0 bridgehead atoms. The molecule has 0 spiro atoms. The first kappa shape index (κ1) is 11.0. The molecule has 1 aromatic rings. The van der Waals surface area contributed by atoms with Crippen molar-refractivity contribution in [2.24, 2.45) is 0 Å². The molecule has 2 unspecified atom stereocenters. The predicted molar refractivity (Wildman–Crippen MR) is 54.7 cm³/mol. The lowest BCUT2D eigenvalue weighted by Gasteiger charge is -2.14. The number of carbonyl (C=O) groups is 1. The third-order valence-corrected chi connectivity index (χ3v) is 2.55. The van der Waals surface area contributed by atoms with Crippen LogP contribution in [0.15, 0.2) is 12.4 Å². The maximum absolute atomic E-state index is 11.9. The first-order valence-corrected chi connectivity index (χ1v) is 5.02. The van der Waals surface area contributed by atoms with E-state index in [1.165, 1.54) is 17.3 Å². The van der Waals surface area contributed by atoms with Gasteiger partial charge in [0.05, 0.1) is 24.1 Å². The van der Waals surface area contributed by atoms with E-state index < -0.39 is 12.2 Å². The van der Waals surface area contributed by atoms with E-state index in [2.05, 4.69) is 9.97 Å². The smallest absolute Gasteiger partial charge is 0.274 e. The molecule has 0 aliphatic carbocycles. The first-order chi connectivity index (χ1) is 7.58. The lowest BCUT2D eigenvalue weighted by molar-refractivity contribution is 0.0572. The normalized spacial score (nSPS) is 24.8. The molecule has 1 fully saturated rings. The van der Waals surface area contributed by atoms with Gasteiger partial charge in [-0.2, -0.15) is 0 Å². The van der Waals surface area contributed by atoms with Gasteiger partial charge < -0.3 is 15.1 Å². The van der Waals surface area contributed by atoms with Crippen LogP contribution in [0.25, 0.3) is 0 Å². The van der Waals surface area contributed by atoms with E-state index in [1.54, 1.807) is 6.92 Å². The SMILES string of the molecule is Cc1cnc(C(=O)N2CC(O)C(O)C2)cn1. The molecule has 16 heavy (non-hydrogen) atoms. The van der Waals surface area contributed by atoms with Gasteiger partial charge in [0, 0.05) is 19.3 Å². The number of rotatable bonds is 1. The topological polar surface area (TPSA) is 86.6 Å². The van der Waals surface area contributed by atoms with Gasteiger partial charge in [-0.1, -0.05) is 0 Å². The summed E-state index contributed by atoms with van der Waals surface area (Å²) in [5, 5.41) is 18.7. The Morgan fingerprint density at radius 3 is 2.44 bits per heavy atom. The average molecular weight is 223 g/mol. The fraction of sp³-hybridized carbons (Fsp3) is 0.500. The van der Waals surface area contributed by atoms with Crippen LogP contribution in [0.5, 0.6) is 0 Å². The summed E-state index contributed by atoms with van der Waals surface area (Å²) in [5.41, 5.74) is 0.963. The van der Waals surface area contributed by atoms with Crippen molar-refractivity contribution in [3.8, 4) is 0 Å². The van der Waals surface area contributed by atoms with Crippen molar-refractivity contribution in [3.05, 3.63) is 23.8 Å². The van der Waals surface area contributed by atoms with E-state index >= 15 is 0 Å². The lowest BCUT2D eigenvalue weighted by Crippen LogP contribution is -2.30. The molecule has 6 heteroatoms. The Kier molecular flexibility index (Phi) is 2.84. The molecule has 1 aromatic heterocycles. The minimum absolute atomic E-state index is 0.134. The molecule has 1 saturated heterocycles. The summed E-state index contributed by atoms with van der Waals surface area (Å²) in [6.07, 6.45) is 1.16. The zero-order chi connectivity index (χ0) is 11.7. The van der Waals surface area contributed by atoms with E-state index in [4.69, 9.17) is 0 Å². The molecule has 0 radical (unpaired) electrons. The van der Waals surface area contributed by atoms with Gasteiger partial charge in [-0.15, -0.1) is 0 Å². The molecule has 1 aliphatic heterocycles. The van der Waals surface area contributed by atoms with Crippen LogP contribution in [-0.2, 0) is 0 Å². The number of hydrogen-bond acceptors (Lipinski definition) is 5. The van der Waals surface area contributed by atoms with Crippen molar-refractivity contribution in [2.75, 3.05) is 13.1 Å².